The highest BCUT2D eigenvalue weighted by atomic mass is 16.2. The molecule has 1 heterocycles. The number of anilines is 1. The van der Waals surface area contributed by atoms with Gasteiger partial charge in [0.1, 0.15) is 0 Å². The first-order valence-corrected chi connectivity index (χ1v) is 7.09. The number of carbonyl (C=O) groups excluding carboxylic acids is 1. The Kier molecular flexibility index (Phi) is 3.42. The van der Waals surface area contributed by atoms with Gasteiger partial charge in [-0.1, -0.05) is 18.2 Å². The molecule has 1 aliphatic heterocycles. The van der Waals surface area contributed by atoms with Crippen LogP contribution in [0.4, 0.5) is 5.69 Å². The third-order valence-corrected chi connectivity index (χ3v) is 4.13. The minimum Gasteiger partial charge on any atom is -0.398 e. The van der Waals surface area contributed by atoms with E-state index in [9.17, 15) is 4.79 Å². The number of hydrogen-bond donors (Lipinski definition) is 1. The van der Waals surface area contributed by atoms with E-state index in [1.54, 1.807) is 0 Å². The van der Waals surface area contributed by atoms with Gasteiger partial charge in [0.15, 0.2) is 0 Å². The van der Waals surface area contributed by atoms with Crippen molar-refractivity contribution in [3.63, 3.8) is 0 Å². The molecular formula is C15H21N3O. The maximum Gasteiger partial charge on any atom is 0.227 e. The number of amides is 1. The number of rotatable bonds is 3. The normalized spacial score (nSPS) is 20.5. The Labute approximate surface area is 114 Å². The first-order valence-electron chi connectivity index (χ1n) is 7.09. The molecule has 1 amide bonds. The van der Waals surface area contributed by atoms with Crippen molar-refractivity contribution in [3.8, 4) is 0 Å². The van der Waals surface area contributed by atoms with Crippen LogP contribution < -0.4 is 5.73 Å². The summed E-state index contributed by atoms with van der Waals surface area (Å²) in [6, 6.07) is 8.44. The zero-order chi connectivity index (χ0) is 13.2. The molecule has 0 aromatic heterocycles. The lowest BCUT2D eigenvalue weighted by atomic mass is 10.1. The number of benzene rings is 1. The van der Waals surface area contributed by atoms with Crippen molar-refractivity contribution in [2.24, 2.45) is 0 Å². The molecular weight excluding hydrogens is 238 g/mol. The monoisotopic (exact) mass is 259 g/mol. The molecule has 1 aromatic carbocycles. The Morgan fingerprint density at radius 3 is 2.47 bits per heavy atom. The topological polar surface area (TPSA) is 49.6 Å². The molecule has 2 fully saturated rings. The highest BCUT2D eigenvalue weighted by molar-refractivity contribution is 5.80. The summed E-state index contributed by atoms with van der Waals surface area (Å²) in [5.74, 6) is 0.202. The smallest absolute Gasteiger partial charge is 0.227 e. The van der Waals surface area contributed by atoms with E-state index in [1.165, 1.54) is 12.8 Å². The Morgan fingerprint density at radius 1 is 1.16 bits per heavy atom. The fourth-order valence-electron chi connectivity index (χ4n) is 2.75. The highest BCUT2D eigenvalue weighted by Gasteiger charge is 2.32. The summed E-state index contributed by atoms with van der Waals surface area (Å²) in [5.41, 5.74) is 7.55. The predicted octanol–water partition coefficient (Wildman–Crippen LogP) is 1.12. The molecule has 2 aliphatic rings. The second-order valence-electron chi connectivity index (χ2n) is 5.52. The van der Waals surface area contributed by atoms with E-state index in [1.807, 2.05) is 29.2 Å². The quantitative estimate of drug-likeness (QED) is 0.828. The highest BCUT2D eigenvalue weighted by Crippen LogP contribution is 2.27. The second kappa shape index (κ2) is 5.21. The van der Waals surface area contributed by atoms with Crippen LogP contribution in [0.2, 0.25) is 0 Å². The van der Waals surface area contributed by atoms with Crippen molar-refractivity contribution < 1.29 is 4.79 Å². The van der Waals surface area contributed by atoms with Gasteiger partial charge in [0.2, 0.25) is 5.91 Å². The van der Waals surface area contributed by atoms with Gasteiger partial charge in [-0.2, -0.15) is 0 Å². The zero-order valence-electron chi connectivity index (χ0n) is 11.2. The van der Waals surface area contributed by atoms with Crippen LogP contribution in [-0.2, 0) is 11.2 Å². The van der Waals surface area contributed by atoms with Crippen molar-refractivity contribution in [1.29, 1.82) is 0 Å². The third-order valence-electron chi connectivity index (χ3n) is 4.13. The SMILES string of the molecule is Nc1ccccc1CC(=O)N1CCN(C2CC2)CC1. The van der Waals surface area contributed by atoms with E-state index in [4.69, 9.17) is 5.73 Å². The van der Waals surface area contributed by atoms with Gasteiger partial charge in [-0.25, -0.2) is 0 Å². The fraction of sp³-hybridized carbons (Fsp3) is 0.533. The lowest BCUT2D eigenvalue weighted by Crippen LogP contribution is -2.49. The molecule has 19 heavy (non-hydrogen) atoms. The lowest BCUT2D eigenvalue weighted by molar-refractivity contribution is -0.132. The minimum atomic E-state index is 0.202. The summed E-state index contributed by atoms with van der Waals surface area (Å²) >= 11 is 0. The van der Waals surface area contributed by atoms with Gasteiger partial charge in [0.05, 0.1) is 6.42 Å². The Hall–Kier alpha value is -1.55. The average molecular weight is 259 g/mol. The third kappa shape index (κ3) is 2.89. The largest absolute Gasteiger partial charge is 0.398 e. The number of nitrogens with two attached hydrogens (primary N) is 1. The van der Waals surface area contributed by atoms with Crippen molar-refractivity contribution >= 4 is 11.6 Å². The van der Waals surface area contributed by atoms with Crippen molar-refractivity contribution in [2.45, 2.75) is 25.3 Å². The number of piperazine rings is 1. The van der Waals surface area contributed by atoms with Crippen LogP contribution in [0.1, 0.15) is 18.4 Å². The fourth-order valence-corrected chi connectivity index (χ4v) is 2.75. The summed E-state index contributed by atoms with van der Waals surface area (Å²) in [6.07, 6.45) is 3.11. The molecule has 2 N–H and O–H groups in total. The van der Waals surface area contributed by atoms with E-state index < -0.39 is 0 Å². The average Bonchev–Trinajstić information content (AvgIpc) is 3.26. The number of nitrogens with zero attached hydrogens (tertiary/aromatic N) is 2. The van der Waals surface area contributed by atoms with Crippen LogP contribution in [0.15, 0.2) is 24.3 Å². The molecule has 1 aliphatic carbocycles. The van der Waals surface area contributed by atoms with Gasteiger partial charge in [-0.15, -0.1) is 0 Å². The molecule has 1 saturated heterocycles. The first kappa shape index (κ1) is 12.5. The van der Waals surface area contributed by atoms with Crippen LogP contribution in [-0.4, -0.2) is 47.9 Å². The van der Waals surface area contributed by atoms with Crippen LogP contribution in [0.3, 0.4) is 0 Å². The van der Waals surface area contributed by atoms with E-state index in [0.717, 1.165) is 37.8 Å². The van der Waals surface area contributed by atoms with Gasteiger partial charge in [0, 0.05) is 37.9 Å². The second-order valence-corrected chi connectivity index (χ2v) is 5.52. The van der Waals surface area contributed by atoms with Gasteiger partial charge >= 0.3 is 0 Å². The summed E-state index contributed by atoms with van der Waals surface area (Å²) < 4.78 is 0. The number of hydrogen-bond acceptors (Lipinski definition) is 3. The molecule has 0 radical (unpaired) electrons. The molecule has 4 nitrogen and oxygen atoms in total. The van der Waals surface area contributed by atoms with Crippen molar-refractivity contribution in [2.75, 3.05) is 31.9 Å². The Morgan fingerprint density at radius 2 is 1.84 bits per heavy atom. The van der Waals surface area contributed by atoms with Crippen LogP contribution >= 0.6 is 0 Å². The molecule has 4 heteroatoms. The summed E-state index contributed by atoms with van der Waals surface area (Å²) in [5, 5.41) is 0. The van der Waals surface area contributed by atoms with Crippen molar-refractivity contribution in [3.05, 3.63) is 29.8 Å². The van der Waals surface area contributed by atoms with Crippen molar-refractivity contribution in [1.82, 2.24) is 9.80 Å². The molecule has 3 rings (SSSR count). The Balaban J connectivity index is 1.55. The van der Waals surface area contributed by atoms with E-state index in [2.05, 4.69) is 4.90 Å². The summed E-state index contributed by atoms with van der Waals surface area (Å²) in [4.78, 5) is 16.8. The molecule has 0 atom stereocenters. The maximum absolute atomic E-state index is 12.3. The molecule has 1 saturated carbocycles. The van der Waals surface area contributed by atoms with Crippen LogP contribution in [0.5, 0.6) is 0 Å². The standard InChI is InChI=1S/C15H21N3O/c16-14-4-2-1-3-12(14)11-15(19)18-9-7-17(8-10-18)13-5-6-13/h1-4,13H,5-11,16H2. The van der Waals surface area contributed by atoms with E-state index >= 15 is 0 Å². The van der Waals surface area contributed by atoms with Gasteiger partial charge < -0.3 is 10.6 Å². The van der Waals surface area contributed by atoms with E-state index in [-0.39, 0.29) is 5.91 Å². The zero-order valence-corrected chi connectivity index (χ0v) is 11.2. The van der Waals surface area contributed by atoms with Gasteiger partial charge in [-0.05, 0) is 24.5 Å². The molecule has 0 bridgehead atoms. The van der Waals surface area contributed by atoms with E-state index in [0.29, 0.717) is 12.1 Å². The summed E-state index contributed by atoms with van der Waals surface area (Å²) in [7, 11) is 0. The van der Waals surface area contributed by atoms with Gasteiger partial charge in [0.25, 0.3) is 0 Å². The number of nitrogen functional groups attached to an aromatic ring is 1. The minimum absolute atomic E-state index is 0.202. The predicted molar refractivity (Wildman–Crippen MR) is 75.7 cm³/mol. The molecule has 102 valence electrons. The van der Waals surface area contributed by atoms with Crippen LogP contribution in [0.25, 0.3) is 0 Å². The number of para-hydroxylation sites is 1. The lowest BCUT2D eigenvalue weighted by Gasteiger charge is -2.35. The molecule has 0 spiro atoms. The molecule has 0 unspecified atom stereocenters. The van der Waals surface area contributed by atoms with Crippen LogP contribution in [0, 0.1) is 0 Å². The first-order chi connectivity index (χ1) is 9.24. The number of carbonyl (C=O) groups is 1. The van der Waals surface area contributed by atoms with Gasteiger partial charge in [-0.3, -0.25) is 9.69 Å². The molecule has 1 aromatic rings. The summed E-state index contributed by atoms with van der Waals surface area (Å²) in [6.45, 7) is 3.78. The Bertz CT molecular complexity index is 462. The maximum atomic E-state index is 12.3.